The Hall–Kier alpha value is -2.82. The minimum Gasteiger partial charge on any atom is -0.508 e. The highest BCUT2D eigenvalue weighted by Gasteiger charge is 2.57. The number of benzene rings is 1. The average Bonchev–Trinajstić information content (AvgIpc) is 3.46. The van der Waals surface area contributed by atoms with Crippen molar-refractivity contribution in [2.24, 2.45) is 11.3 Å². The molecule has 1 saturated carbocycles. The van der Waals surface area contributed by atoms with Crippen molar-refractivity contribution in [1.82, 2.24) is 5.32 Å². The van der Waals surface area contributed by atoms with Gasteiger partial charge in [0.15, 0.2) is 0 Å². The van der Waals surface area contributed by atoms with Gasteiger partial charge < -0.3 is 15.7 Å². The molecule has 0 aromatic heterocycles. The minimum absolute atomic E-state index is 0.0149. The molecule has 5 nitrogen and oxygen atoms in total. The number of hydrogen-bond donors (Lipinski definition) is 3. The second kappa shape index (κ2) is 8.46. The summed E-state index contributed by atoms with van der Waals surface area (Å²) in [6, 6.07) is 6.20. The normalized spacial score (nSPS) is 17.1. The van der Waals surface area contributed by atoms with Crippen LogP contribution in [0, 0.1) is 11.3 Å². The van der Waals surface area contributed by atoms with Crippen molar-refractivity contribution >= 4 is 17.5 Å². The van der Waals surface area contributed by atoms with Crippen LogP contribution in [0.1, 0.15) is 40.5 Å². The molecule has 150 valence electrons. The van der Waals surface area contributed by atoms with Gasteiger partial charge in [-0.15, -0.1) is 0 Å². The zero-order chi connectivity index (χ0) is 20.9. The molecule has 3 N–H and O–H groups in total. The number of hydrogen-bond acceptors (Lipinski definition) is 3. The number of phenolic OH excluding ortho intramolecular Hbond substituents is 1. The number of carbonyl (C=O) groups excluding carboxylic acids is 2. The third-order valence-electron chi connectivity index (χ3n) is 5.48. The van der Waals surface area contributed by atoms with E-state index in [-0.39, 0.29) is 23.5 Å². The molecule has 1 fully saturated rings. The Morgan fingerprint density at radius 2 is 1.82 bits per heavy atom. The molecule has 0 bridgehead atoms. The molecule has 1 aliphatic rings. The molecule has 2 rings (SSSR count). The summed E-state index contributed by atoms with van der Waals surface area (Å²) in [5, 5.41) is 15.2. The maximum atomic E-state index is 13.0. The largest absolute Gasteiger partial charge is 0.508 e. The van der Waals surface area contributed by atoms with Crippen LogP contribution in [0.2, 0.25) is 0 Å². The van der Waals surface area contributed by atoms with Gasteiger partial charge >= 0.3 is 0 Å². The third-order valence-corrected chi connectivity index (χ3v) is 5.48. The lowest BCUT2D eigenvalue weighted by molar-refractivity contribution is -0.135. The number of nitrogens with one attached hydrogen (secondary N) is 2. The number of phenols is 1. The highest BCUT2D eigenvalue weighted by atomic mass is 16.3. The summed E-state index contributed by atoms with van der Waals surface area (Å²) in [4.78, 5) is 25.7. The van der Waals surface area contributed by atoms with Gasteiger partial charge in [-0.05, 0) is 63.5 Å². The van der Waals surface area contributed by atoms with Gasteiger partial charge in [0.05, 0.1) is 0 Å². The number of rotatable bonds is 8. The summed E-state index contributed by atoms with van der Waals surface area (Å²) in [6.45, 7) is 11.8. The summed E-state index contributed by atoms with van der Waals surface area (Å²) >= 11 is 0. The maximum Gasteiger partial charge on any atom is 0.240 e. The molecule has 5 heteroatoms. The van der Waals surface area contributed by atoms with Gasteiger partial charge in [-0.2, -0.15) is 0 Å². The Bertz CT molecular complexity index is 800. The summed E-state index contributed by atoms with van der Waals surface area (Å²) in [6.07, 6.45) is 8.71. The Balaban J connectivity index is 2.10. The lowest BCUT2D eigenvalue weighted by atomic mass is 9.82. The first-order valence-electron chi connectivity index (χ1n) is 9.54. The van der Waals surface area contributed by atoms with Crippen molar-refractivity contribution in [2.45, 2.75) is 46.1 Å². The first-order valence-corrected chi connectivity index (χ1v) is 9.54. The topological polar surface area (TPSA) is 78.4 Å². The van der Waals surface area contributed by atoms with Gasteiger partial charge in [0.2, 0.25) is 11.8 Å². The second-order valence-corrected chi connectivity index (χ2v) is 7.88. The van der Waals surface area contributed by atoms with E-state index < -0.39 is 11.0 Å². The molecule has 0 spiro atoms. The standard InChI is InChI=1S/C23H30N2O3/c1-6-8-9-17(7-2)16(3)22(4,5)25-21(28)23(14-15-23)20(27)24-18-10-12-19(26)13-11-18/h6-13,16,26H,2,14-15H2,1,3-5H3,(H,24,27)(H,25,28)/b8-6-,17-9+. The van der Waals surface area contributed by atoms with Crippen LogP contribution < -0.4 is 10.6 Å². The Morgan fingerprint density at radius 3 is 2.32 bits per heavy atom. The molecule has 0 saturated heterocycles. The molecule has 1 aromatic carbocycles. The predicted octanol–water partition coefficient (Wildman–Crippen LogP) is 4.33. The molecule has 1 aromatic rings. The summed E-state index contributed by atoms with van der Waals surface area (Å²) < 4.78 is 0. The van der Waals surface area contributed by atoms with Crippen LogP contribution in [-0.2, 0) is 9.59 Å². The van der Waals surface area contributed by atoms with Gasteiger partial charge in [0.1, 0.15) is 11.2 Å². The van der Waals surface area contributed by atoms with Crippen molar-refractivity contribution in [3.8, 4) is 5.75 Å². The number of amides is 2. The van der Waals surface area contributed by atoms with Gasteiger partial charge in [0.25, 0.3) is 0 Å². The molecule has 0 aliphatic heterocycles. The zero-order valence-electron chi connectivity index (χ0n) is 17.1. The van der Waals surface area contributed by atoms with Crippen LogP contribution in [0.4, 0.5) is 5.69 Å². The second-order valence-electron chi connectivity index (χ2n) is 7.88. The molecule has 0 heterocycles. The molecule has 28 heavy (non-hydrogen) atoms. The minimum atomic E-state index is -1.03. The fraction of sp³-hybridized carbons (Fsp3) is 0.391. The number of anilines is 1. The van der Waals surface area contributed by atoms with E-state index in [1.165, 1.54) is 12.1 Å². The maximum absolute atomic E-state index is 13.0. The van der Waals surface area contributed by atoms with Gasteiger partial charge in [-0.25, -0.2) is 0 Å². The van der Waals surface area contributed by atoms with Gasteiger partial charge in [0, 0.05) is 17.1 Å². The molecule has 0 radical (unpaired) electrons. The van der Waals surface area contributed by atoms with Crippen LogP contribution in [0.15, 0.2) is 60.7 Å². The van der Waals surface area contributed by atoms with Crippen molar-refractivity contribution in [2.75, 3.05) is 5.32 Å². The van der Waals surface area contributed by atoms with E-state index in [4.69, 9.17) is 0 Å². The van der Waals surface area contributed by atoms with E-state index in [9.17, 15) is 14.7 Å². The Morgan fingerprint density at radius 1 is 1.21 bits per heavy atom. The van der Waals surface area contributed by atoms with Crippen molar-refractivity contribution < 1.29 is 14.7 Å². The monoisotopic (exact) mass is 382 g/mol. The van der Waals surface area contributed by atoms with E-state index in [0.717, 1.165) is 5.57 Å². The van der Waals surface area contributed by atoms with E-state index in [1.807, 2.05) is 45.9 Å². The predicted molar refractivity (Wildman–Crippen MR) is 113 cm³/mol. The van der Waals surface area contributed by atoms with Crippen LogP contribution in [0.25, 0.3) is 0 Å². The van der Waals surface area contributed by atoms with Crippen molar-refractivity contribution in [1.29, 1.82) is 0 Å². The molecule has 1 atom stereocenters. The van der Waals surface area contributed by atoms with Crippen LogP contribution in [0.3, 0.4) is 0 Å². The Labute approximate surface area is 167 Å². The first kappa shape index (κ1) is 21.5. The van der Waals surface area contributed by atoms with E-state index in [1.54, 1.807) is 18.2 Å². The summed E-state index contributed by atoms with van der Waals surface area (Å²) in [7, 11) is 0. The summed E-state index contributed by atoms with van der Waals surface area (Å²) in [5.41, 5.74) is -0.0110. The fourth-order valence-corrected chi connectivity index (χ4v) is 3.01. The average molecular weight is 383 g/mol. The molecule has 1 unspecified atom stereocenters. The van der Waals surface area contributed by atoms with E-state index in [2.05, 4.69) is 17.2 Å². The smallest absolute Gasteiger partial charge is 0.240 e. The lowest BCUT2D eigenvalue weighted by Crippen LogP contribution is -2.53. The molecular formula is C23H30N2O3. The number of allylic oxidation sites excluding steroid dienone is 4. The van der Waals surface area contributed by atoms with Gasteiger partial charge in [-0.1, -0.05) is 37.8 Å². The van der Waals surface area contributed by atoms with Crippen LogP contribution in [0.5, 0.6) is 5.75 Å². The molecule has 2 amide bonds. The van der Waals surface area contributed by atoms with Gasteiger partial charge in [-0.3, -0.25) is 9.59 Å². The third kappa shape index (κ3) is 4.71. The van der Waals surface area contributed by atoms with E-state index >= 15 is 0 Å². The number of carbonyl (C=O) groups is 2. The SMILES string of the molecule is C=C/C(=C\C=C/C)C(C)C(C)(C)NC(=O)C1(C(=O)Nc2ccc(O)cc2)CC1. The molecular weight excluding hydrogens is 352 g/mol. The number of aromatic hydroxyl groups is 1. The highest BCUT2D eigenvalue weighted by molar-refractivity contribution is 6.13. The fourth-order valence-electron chi connectivity index (χ4n) is 3.01. The van der Waals surface area contributed by atoms with Crippen molar-refractivity contribution in [3.63, 3.8) is 0 Å². The van der Waals surface area contributed by atoms with Crippen molar-refractivity contribution in [3.05, 3.63) is 60.7 Å². The lowest BCUT2D eigenvalue weighted by Gasteiger charge is -2.35. The summed E-state index contributed by atoms with van der Waals surface area (Å²) in [5.74, 6) is -0.430. The molecule has 1 aliphatic carbocycles. The zero-order valence-corrected chi connectivity index (χ0v) is 17.1. The van der Waals surface area contributed by atoms with Crippen LogP contribution >= 0.6 is 0 Å². The first-order chi connectivity index (χ1) is 13.2. The Kier molecular flexibility index (Phi) is 6.49. The quantitative estimate of drug-likeness (QED) is 0.356. The van der Waals surface area contributed by atoms with E-state index in [0.29, 0.717) is 18.5 Å². The van der Waals surface area contributed by atoms with Crippen LogP contribution in [-0.4, -0.2) is 22.5 Å². The highest BCUT2D eigenvalue weighted by Crippen LogP contribution is 2.47.